The summed E-state index contributed by atoms with van der Waals surface area (Å²) in [6.45, 7) is 8.81. The molecule has 2 amide bonds. The van der Waals surface area contributed by atoms with Gasteiger partial charge in [0.1, 0.15) is 18.4 Å². The normalized spacial score (nSPS) is 12.7. The summed E-state index contributed by atoms with van der Waals surface area (Å²) in [4.78, 5) is 28.1. The predicted molar refractivity (Wildman–Crippen MR) is 132 cm³/mol. The van der Waals surface area contributed by atoms with E-state index < -0.39 is 39.9 Å². The molecule has 2 rings (SSSR count). The molecule has 9 heteroatoms. The van der Waals surface area contributed by atoms with Crippen molar-refractivity contribution in [2.75, 3.05) is 17.1 Å². The molecule has 1 N–H and O–H groups in total. The lowest BCUT2D eigenvalue weighted by molar-refractivity contribution is -0.141. The van der Waals surface area contributed by atoms with Gasteiger partial charge in [-0.3, -0.25) is 13.9 Å². The highest BCUT2D eigenvalue weighted by molar-refractivity contribution is 7.92. The maximum Gasteiger partial charge on any atom is 0.244 e. The van der Waals surface area contributed by atoms with Crippen molar-refractivity contribution in [2.45, 2.75) is 59.2 Å². The number of nitrogens with zero attached hydrogens (tertiary/aromatic N) is 2. The number of hydrogen-bond donors (Lipinski definition) is 1. The maximum absolute atomic E-state index is 13.8. The highest BCUT2D eigenvalue weighted by Crippen LogP contribution is 2.21. The summed E-state index contributed by atoms with van der Waals surface area (Å²) in [7, 11) is -3.91. The highest BCUT2D eigenvalue weighted by Gasteiger charge is 2.33. The Morgan fingerprint density at radius 2 is 1.74 bits per heavy atom. The lowest BCUT2D eigenvalue weighted by Gasteiger charge is -2.34. The number of aryl methyl sites for hydroxylation is 1. The Labute approximate surface area is 202 Å². The van der Waals surface area contributed by atoms with E-state index in [9.17, 15) is 22.4 Å². The summed E-state index contributed by atoms with van der Waals surface area (Å²) in [5, 5.41) is 2.91. The lowest BCUT2D eigenvalue weighted by atomic mass is 10.0. The van der Waals surface area contributed by atoms with Crippen molar-refractivity contribution in [3.8, 4) is 0 Å². The molecular weight excluding hydrogens is 457 g/mol. The van der Waals surface area contributed by atoms with E-state index >= 15 is 0 Å². The zero-order valence-electron chi connectivity index (χ0n) is 20.6. The number of benzene rings is 2. The van der Waals surface area contributed by atoms with Crippen LogP contribution >= 0.6 is 0 Å². The number of sulfonamides is 1. The van der Waals surface area contributed by atoms with Gasteiger partial charge in [-0.25, -0.2) is 12.8 Å². The van der Waals surface area contributed by atoms with E-state index in [-0.39, 0.29) is 18.1 Å². The van der Waals surface area contributed by atoms with E-state index in [1.54, 1.807) is 6.92 Å². The summed E-state index contributed by atoms with van der Waals surface area (Å²) >= 11 is 0. The molecule has 0 unspecified atom stereocenters. The fourth-order valence-electron chi connectivity index (χ4n) is 3.59. The second-order valence-electron chi connectivity index (χ2n) is 9.36. The predicted octanol–water partition coefficient (Wildman–Crippen LogP) is 3.62. The van der Waals surface area contributed by atoms with E-state index in [0.29, 0.717) is 6.42 Å². The molecule has 0 spiro atoms. The zero-order chi connectivity index (χ0) is 25.7. The molecule has 2 aromatic carbocycles. The van der Waals surface area contributed by atoms with Crippen LogP contribution in [0.2, 0.25) is 0 Å². The van der Waals surface area contributed by atoms with Gasteiger partial charge in [0.15, 0.2) is 0 Å². The van der Waals surface area contributed by atoms with Gasteiger partial charge in [-0.05, 0) is 63.4 Å². The molecule has 34 heavy (non-hydrogen) atoms. The molecule has 0 aliphatic rings. The largest absolute Gasteiger partial charge is 0.350 e. The van der Waals surface area contributed by atoms with Crippen LogP contribution in [0.3, 0.4) is 0 Å². The molecule has 0 aliphatic heterocycles. The molecule has 7 nitrogen and oxygen atoms in total. The molecule has 0 aromatic heterocycles. The van der Waals surface area contributed by atoms with E-state index in [2.05, 4.69) is 5.32 Å². The first-order valence-corrected chi connectivity index (χ1v) is 13.0. The Balaban J connectivity index is 2.48. The van der Waals surface area contributed by atoms with E-state index in [0.717, 1.165) is 27.8 Å². The molecule has 0 bridgehead atoms. The van der Waals surface area contributed by atoms with Crippen LogP contribution < -0.4 is 9.62 Å². The third-order valence-corrected chi connectivity index (χ3v) is 6.40. The number of carbonyl (C=O) groups excluding carboxylic acids is 2. The minimum Gasteiger partial charge on any atom is -0.350 e. The number of anilines is 1. The maximum atomic E-state index is 13.8. The topological polar surface area (TPSA) is 86.8 Å². The first-order valence-electron chi connectivity index (χ1n) is 11.1. The lowest BCUT2D eigenvalue weighted by Crippen LogP contribution is -2.55. The van der Waals surface area contributed by atoms with E-state index in [1.165, 1.54) is 23.1 Å². The van der Waals surface area contributed by atoms with Gasteiger partial charge in [-0.2, -0.15) is 0 Å². The fourth-order valence-corrected chi connectivity index (χ4v) is 4.43. The van der Waals surface area contributed by atoms with Crippen LogP contribution in [0.5, 0.6) is 0 Å². The second kappa shape index (κ2) is 11.0. The first-order chi connectivity index (χ1) is 15.7. The summed E-state index contributed by atoms with van der Waals surface area (Å²) in [6.07, 6.45) is 1.29. The fraction of sp³-hybridized carbons (Fsp3) is 0.440. The molecule has 0 heterocycles. The van der Waals surface area contributed by atoms with E-state index in [1.807, 2.05) is 52.0 Å². The third-order valence-electron chi connectivity index (χ3n) is 5.26. The van der Waals surface area contributed by atoms with Crippen LogP contribution in [0, 0.1) is 12.7 Å². The van der Waals surface area contributed by atoms with Crippen molar-refractivity contribution in [3.63, 3.8) is 0 Å². The van der Waals surface area contributed by atoms with Gasteiger partial charge in [-0.1, -0.05) is 37.3 Å². The van der Waals surface area contributed by atoms with Crippen molar-refractivity contribution in [2.24, 2.45) is 0 Å². The quantitative estimate of drug-likeness (QED) is 0.581. The first kappa shape index (κ1) is 27.3. The summed E-state index contributed by atoms with van der Waals surface area (Å²) in [6, 6.07) is 11.7. The van der Waals surface area contributed by atoms with Crippen LogP contribution in [-0.2, 0) is 26.2 Å². The number of halogens is 1. The summed E-state index contributed by atoms with van der Waals surface area (Å²) in [5.41, 5.74) is 1.31. The molecular formula is C25H34FN3O4S. The highest BCUT2D eigenvalue weighted by atomic mass is 32.2. The number of amides is 2. The Kier molecular flexibility index (Phi) is 8.83. The van der Waals surface area contributed by atoms with Crippen molar-refractivity contribution in [1.29, 1.82) is 0 Å². The molecule has 0 saturated carbocycles. The molecule has 186 valence electrons. The van der Waals surface area contributed by atoms with Crippen LogP contribution in [0.4, 0.5) is 10.1 Å². The number of hydrogen-bond acceptors (Lipinski definition) is 4. The minimum absolute atomic E-state index is 0.0406. The van der Waals surface area contributed by atoms with Gasteiger partial charge >= 0.3 is 0 Å². The molecule has 0 aliphatic carbocycles. The molecule has 0 saturated heterocycles. The average Bonchev–Trinajstić information content (AvgIpc) is 2.70. The number of rotatable bonds is 9. The Morgan fingerprint density at radius 1 is 1.09 bits per heavy atom. The van der Waals surface area contributed by atoms with Gasteiger partial charge in [0, 0.05) is 12.1 Å². The number of nitrogens with one attached hydrogen (secondary N) is 1. The standard InChI is InChI=1S/C25H34FN3O4S/c1-7-22(24(31)27-25(3,4)5)28(16-19-12-9-8-11-18(19)2)23(30)17-29(34(6,32)33)21-14-10-13-20(26)15-21/h8-15,22H,7,16-17H2,1-6H3,(H,27,31)/t22-/m0/s1. The van der Waals surface area contributed by atoms with Crippen molar-refractivity contribution in [1.82, 2.24) is 10.2 Å². The van der Waals surface area contributed by atoms with Crippen molar-refractivity contribution < 1.29 is 22.4 Å². The molecule has 0 radical (unpaired) electrons. The smallest absolute Gasteiger partial charge is 0.244 e. The Hall–Kier alpha value is -2.94. The van der Waals surface area contributed by atoms with Crippen LogP contribution in [0.25, 0.3) is 0 Å². The minimum atomic E-state index is -3.91. The van der Waals surface area contributed by atoms with Crippen LogP contribution in [-0.4, -0.2) is 49.5 Å². The van der Waals surface area contributed by atoms with E-state index in [4.69, 9.17) is 0 Å². The molecule has 2 aromatic rings. The SMILES string of the molecule is CC[C@@H](C(=O)NC(C)(C)C)N(Cc1ccccc1C)C(=O)CN(c1cccc(F)c1)S(C)(=O)=O. The van der Waals surface area contributed by atoms with Gasteiger partial charge in [-0.15, -0.1) is 0 Å². The van der Waals surface area contributed by atoms with Crippen molar-refractivity contribution in [3.05, 3.63) is 65.5 Å². The van der Waals surface area contributed by atoms with Crippen LogP contribution in [0.1, 0.15) is 45.2 Å². The third kappa shape index (κ3) is 7.55. The van der Waals surface area contributed by atoms with Crippen molar-refractivity contribution >= 4 is 27.5 Å². The van der Waals surface area contributed by atoms with Gasteiger partial charge in [0.2, 0.25) is 21.8 Å². The van der Waals surface area contributed by atoms with Gasteiger partial charge in [0.05, 0.1) is 11.9 Å². The monoisotopic (exact) mass is 491 g/mol. The molecule has 1 atom stereocenters. The molecule has 0 fully saturated rings. The average molecular weight is 492 g/mol. The van der Waals surface area contributed by atoms with Gasteiger partial charge < -0.3 is 10.2 Å². The Morgan fingerprint density at radius 3 is 2.26 bits per heavy atom. The van der Waals surface area contributed by atoms with Gasteiger partial charge in [0.25, 0.3) is 0 Å². The summed E-state index contributed by atoms with van der Waals surface area (Å²) < 4.78 is 39.7. The zero-order valence-corrected chi connectivity index (χ0v) is 21.4. The second-order valence-corrected chi connectivity index (χ2v) is 11.3. The Bertz CT molecular complexity index is 1130. The van der Waals surface area contributed by atoms with Crippen LogP contribution in [0.15, 0.2) is 48.5 Å². The number of carbonyl (C=O) groups is 2. The summed E-state index contributed by atoms with van der Waals surface area (Å²) in [5.74, 6) is -1.51.